The van der Waals surface area contributed by atoms with Crippen LogP contribution in [0.2, 0.25) is 0 Å². The molecule has 2 rings (SSSR count). The first-order valence-electron chi connectivity index (χ1n) is 6.44. The number of allylic oxidation sites excluding steroid dienone is 7. The van der Waals surface area contributed by atoms with Crippen molar-refractivity contribution in [2.24, 2.45) is 23.0 Å². The fourth-order valence-electron chi connectivity index (χ4n) is 3.14. The molecule has 0 aromatic carbocycles. The molecular weight excluding hydrogens is 206 g/mol. The largest absolute Gasteiger partial charge is 0.399 e. The van der Waals surface area contributed by atoms with Crippen LogP contribution in [0.15, 0.2) is 47.2 Å². The minimum Gasteiger partial charge on any atom is -0.399 e. The van der Waals surface area contributed by atoms with Gasteiger partial charge in [-0.15, -0.1) is 0 Å². The molecule has 0 saturated carbocycles. The van der Waals surface area contributed by atoms with Gasteiger partial charge in [-0.1, -0.05) is 49.3 Å². The molecule has 3 atom stereocenters. The summed E-state index contributed by atoms with van der Waals surface area (Å²) < 4.78 is 0. The predicted molar refractivity (Wildman–Crippen MR) is 74.3 cm³/mol. The molecule has 0 aromatic heterocycles. The van der Waals surface area contributed by atoms with Gasteiger partial charge in [-0.05, 0) is 43.6 Å². The summed E-state index contributed by atoms with van der Waals surface area (Å²) in [6.07, 6.45) is 12.4. The fraction of sp³-hybridized carbons (Fsp3) is 0.500. The highest BCUT2D eigenvalue weighted by atomic mass is 14.6. The van der Waals surface area contributed by atoms with Crippen molar-refractivity contribution in [2.75, 3.05) is 0 Å². The number of hydrogen-bond donors (Lipinski definition) is 1. The zero-order valence-corrected chi connectivity index (χ0v) is 11.3. The maximum absolute atomic E-state index is 5.86. The summed E-state index contributed by atoms with van der Waals surface area (Å²) in [5.41, 5.74) is 9.90. The van der Waals surface area contributed by atoms with E-state index in [-0.39, 0.29) is 5.41 Å². The Morgan fingerprint density at radius 3 is 2.65 bits per heavy atom. The second kappa shape index (κ2) is 4.21. The van der Waals surface area contributed by atoms with E-state index < -0.39 is 0 Å². The molecule has 0 heterocycles. The Morgan fingerprint density at radius 1 is 1.35 bits per heavy atom. The third-order valence-electron chi connectivity index (χ3n) is 4.45. The van der Waals surface area contributed by atoms with Crippen molar-refractivity contribution in [3.05, 3.63) is 47.2 Å². The lowest BCUT2D eigenvalue weighted by molar-refractivity contribution is 0.238. The molecule has 3 unspecified atom stereocenters. The summed E-state index contributed by atoms with van der Waals surface area (Å²) in [5.74, 6) is 1.07. The zero-order chi connectivity index (χ0) is 12.6. The van der Waals surface area contributed by atoms with Crippen LogP contribution in [0.5, 0.6) is 0 Å². The van der Waals surface area contributed by atoms with E-state index in [1.165, 1.54) is 11.1 Å². The molecule has 0 aliphatic heterocycles. The Hall–Kier alpha value is -1.24. The van der Waals surface area contributed by atoms with Crippen LogP contribution in [0.1, 0.15) is 34.1 Å². The maximum atomic E-state index is 5.86. The van der Waals surface area contributed by atoms with E-state index in [0.717, 1.165) is 12.1 Å². The Balaban J connectivity index is 2.30. The van der Waals surface area contributed by atoms with Crippen molar-refractivity contribution in [3.63, 3.8) is 0 Å². The molecule has 1 heteroatoms. The van der Waals surface area contributed by atoms with Crippen molar-refractivity contribution < 1.29 is 0 Å². The third kappa shape index (κ3) is 2.11. The van der Waals surface area contributed by atoms with Gasteiger partial charge >= 0.3 is 0 Å². The van der Waals surface area contributed by atoms with Crippen LogP contribution in [0.3, 0.4) is 0 Å². The van der Waals surface area contributed by atoms with Gasteiger partial charge in [0.2, 0.25) is 0 Å². The Morgan fingerprint density at radius 2 is 2.06 bits per heavy atom. The number of nitrogens with two attached hydrogens (primary N) is 1. The van der Waals surface area contributed by atoms with Crippen LogP contribution in [0.4, 0.5) is 0 Å². The predicted octanol–water partition coefficient (Wildman–Crippen LogP) is 3.95. The third-order valence-corrected chi connectivity index (χ3v) is 4.45. The first-order chi connectivity index (χ1) is 7.93. The van der Waals surface area contributed by atoms with Crippen LogP contribution in [-0.4, -0.2) is 0 Å². The molecule has 92 valence electrons. The lowest BCUT2D eigenvalue weighted by Crippen LogP contribution is -2.34. The van der Waals surface area contributed by atoms with E-state index in [9.17, 15) is 0 Å². The summed E-state index contributed by atoms with van der Waals surface area (Å²) in [4.78, 5) is 0. The van der Waals surface area contributed by atoms with Gasteiger partial charge in [0, 0.05) is 5.70 Å². The standard InChI is InChI=1S/C16H23N/c1-11-7-8-16(4,13(3)9-11)15-6-5-14(17)10-12(15)2/h5-7,9-10,12,15H,8,17H2,1-4H3. The second-order valence-corrected chi connectivity index (χ2v) is 5.81. The Bertz CT molecular complexity index is 436. The molecule has 0 saturated heterocycles. The molecule has 2 aliphatic rings. The first-order valence-corrected chi connectivity index (χ1v) is 6.44. The van der Waals surface area contributed by atoms with Gasteiger partial charge in [-0.3, -0.25) is 0 Å². The second-order valence-electron chi connectivity index (χ2n) is 5.81. The monoisotopic (exact) mass is 229 g/mol. The van der Waals surface area contributed by atoms with Crippen molar-refractivity contribution in [1.82, 2.24) is 0 Å². The van der Waals surface area contributed by atoms with Gasteiger partial charge in [0.15, 0.2) is 0 Å². The summed E-state index contributed by atoms with van der Waals surface area (Å²) >= 11 is 0. The van der Waals surface area contributed by atoms with E-state index in [0.29, 0.717) is 11.8 Å². The lowest BCUT2D eigenvalue weighted by Gasteiger charge is -2.42. The van der Waals surface area contributed by atoms with Gasteiger partial charge in [0.1, 0.15) is 0 Å². The first kappa shape index (κ1) is 12.2. The highest BCUT2D eigenvalue weighted by Gasteiger charge is 2.38. The van der Waals surface area contributed by atoms with Crippen molar-refractivity contribution in [2.45, 2.75) is 34.1 Å². The SMILES string of the molecule is CC1=CCC(C)(C2C=CC(N)=CC2C)C(C)=C1. The molecule has 0 aromatic rings. The average molecular weight is 229 g/mol. The number of hydrogen-bond acceptors (Lipinski definition) is 1. The summed E-state index contributed by atoms with van der Waals surface area (Å²) in [5, 5.41) is 0. The van der Waals surface area contributed by atoms with Crippen LogP contribution < -0.4 is 5.73 Å². The fourth-order valence-corrected chi connectivity index (χ4v) is 3.14. The minimum atomic E-state index is 0.243. The van der Waals surface area contributed by atoms with Gasteiger partial charge in [0.25, 0.3) is 0 Å². The zero-order valence-electron chi connectivity index (χ0n) is 11.3. The molecule has 0 spiro atoms. The minimum absolute atomic E-state index is 0.243. The Labute approximate surface area is 105 Å². The van der Waals surface area contributed by atoms with Crippen LogP contribution in [0.25, 0.3) is 0 Å². The molecule has 2 aliphatic carbocycles. The summed E-state index contributed by atoms with van der Waals surface area (Å²) in [7, 11) is 0. The van der Waals surface area contributed by atoms with E-state index >= 15 is 0 Å². The molecule has 0 radical (unpaired) electrons. The molecule has 1 nitrogen and oxygen atoms in total. The van der Waals surface area contributed by atoms with E-state index in [4.69, 9.17) is 5.73 Å². The maximum Gasteiger partial charge on any atom is 0.0273 e. The van der Waals surface area contributed by atoms with Crippen LogP contribution in [0, 0.1) is 17.3 Å². The average Bonchev–Trinajstić information content (AvgIpc) is 2.24. The van der Waals surface area contributed by atoms with E-state index in [2.05, 4.69) is 58.1 Å². The van der Waals surface area contributed by atoms with Crippen molar-refractivity contribution in [1.29, 1.82) is 0 Å². The summed E-state index contributed by atoms with van der Waals surface area (Å²) in [6.45, 7) is 9.09. The van der Waals surface area contributed by atoms with E-state index in [1.807, 2.05) is 0 Å². The summed E-state index contributed by atoms with van der Waals surface area (Å²) in [6, 6.07) is 0. The normalized spacial score (nSPS) is 37.3. The highest BCUT2D eigenvalue weighted by molar-refractivity contribution is 5.35. The van der Waals surface area contributed by atoms with Gasteiger partial charge in [-0.2, -0.15) is 0 Å². The topological polar surface area (TPSA) is 26.0 Å². The van der Waals surface area contributed by atoms with Crippen LogP contribution >= 0.6 is 0 Å². The van der Waals surface area contributed by atoms with Crippen LogP contribution in [-0.2, 0) is 0 Å². The van der Waals surface area contributed by atoms with Crippen molar-refractivity contribution >= 4 is 0 Å². The molecule has 0 fully saturated rings. The van der Waals surface area contributed by atoms with Gasteiger partial charge in [-0.25, -0.2) is 0 Å². The van der Waals surface area contributed by atoms with Gasteiger partial charge < -0.3 is 5.73 Å². The highest BCUT2D eigenvalue weighted by Crippen LogP contribution is 2.47. The lowest BCUT2D eigenvalue weighted by atomic mass is 9.62. The molecular formula is C16H23N. The van der Waals surface area contributed by atoms with Crippen molar-refractivity contribution in [3.8, 4) is 0 Å². The Kier molecular flexibility index (Phi) is 3.03. The quantitative estimate of drug-likeness (QED) is 0.723. The van der Waals surface area contributed by atoms with E-state index in [1.54, 1.807) is 0 Å². The van der Waals surface area contributed by atoms with Gasteiger partial charge in [0.05, 0.1) is 0 Å². The number of rotatable bonds is 1. The molecule has 0 amide bonds. The smallest absolute Gasteiger partial charge is 0.0273 e. The molecule has 2 N–H and O–H groups in total. The molecule has 0 bridgehead atoms. The molecule has 17 heavy (non-hydrogen) atoms.